The van der Waals surface area contributed by atoms with Crippen LogP contribution in [-0.4, -0.2) is 6.61 Å². The molecule has 0 saturated heterocycles. The van der Waals surface area contributed by atoms with E-state index < -0.39 is 11.6 Å². The number of ether oxygens (including phenoxy) is 1. The van der Waals surface area contributed by atoms with Crippen LogP contribution in [-0.2, 0) is 0 Å². The summed E-state index contributed by atoms with van der Waals surface area (Å²) in [6, 6.07) is 2.33. The maximum Gasteiger partial charge on any atom is 0.200 e. The minimum atomic E-state index is -1.03. The zero-order chi connectivity index (χ0) is 9.84. The summed E-state index contributed by atoms with van der Waals surface area (Å²) in [7, 11) is 0. The van der Waals surface area contributed by atoms with Gasteiger partial charge in [-0.25, -0.2) is 4.39 Å². The molecule has 0 aliphatic heterocycles. The second-order valence-corrected chi connectivity index (χ2v) is 3.11. The van der Waals surface area contributed by atoms with Gasteiger partial charge in [0.2, 0.25) is 5.82 Å². The van der Waals surface area contributed by atoms with E-state index in [1.807, 2.05) is 0 Å². The summed E-state index contributed by atoms with van der Waals surface area (Å²) in [6.45, 7) is -0.0905. The SMILES string of the molecule is C#CCOc1cc(Br)cc(F)c1F. The van der Waals surface area contributed by atoms with E-state index >= 15 is 0 Å². The minimum Gasteiger partial charge on any atom is -0.478 e. The second-order valence-electron chi connectivity index (χ2n) is 2.19. The van der Waals surface area contributed by atoms with Gasteiger partial charge in [-0.05, 0) is 12.1 Å². The summed E-state index contributed by atoms with van der Waals surface area (Å²) in [5, 5.41) is 0. The molecule has 0 unspecified atom stereocenters. The molecule has 0 saturated carbocycles. The van der Waals surface area contributed by atoms with E-state index in [0.717, 1.165) is 6.07 Å². The Labute approximate surface area is 82.8 Å². The molecule has 68 valence electrons. The molecule has 13 heavy (non-hydrogen) atoms. The Morgan fingerprint density at radius 3 is 2.77 bits per heavy atom. The lowest BCUT2D eigenvalue weighted by molar-refractivity contribution is 0.338. The average molecular weight is 247 g/mol. The smallest absolute Gasteiger partial charge is 0.200 e. The highest BCUT2D eigenvalue weighted by Gasteiger charge is 2.10. The highest BCUT2D eigenvalue weighted by atomic mass is 79.9. The lowest BCUT2D eigenvalue weighted by Gasteiger charge is -2.04. The van der Waals surface area contributed by atoms with Crippen LogP contribution in [0.3, 0.4) is 0 Å². The van der Waals surface area contributed by atoms with Crippen molar-refractivity contribution in [2.75, 3.05) is 6.61 Å². The summed E-state index contributed by atoms with van der Waals surface area (Å²) >= 11 is 3.00. The van der Waals surface area contributed by atoms with Crippen LogP contribution in [0.1, 0.15) is 0 Å². The van der Waals surface area contributed by atoms with Gasteiger partial charge in [0, 0.05) is 4.47 Å². The molecule has 1 nitrogen and oxygen atoms in total. The summed E-state index contributed by atoms with van der Waals surface area (Å²) in [5.74, 6) is -0.0344. The van der Waals surface area contributed by atoms with Crippen molar-refractivity contribution in [1.29, 1.82) is 0 Å². The van der Waals surface area contributed by atoms with E-state index in [9.17, 15) is 8.78 Å². The van der Waals surface area contributed by atoms with Gasteiger partial charge in [0.1, 0.15) is 6.61 Å². The first kappa shape index (κ1) is 10.0. The van der Waals surface area contributed by atoms with Gasteiger partial charge >= 0.3 is 0 Å². The molecule has 0 aliphatic carbocycles. The third-order valence-corrected chi connectivity index (χ3v) is 1.73. The second kappa shape index (κ2) is 4.24. The van der Waals surface area contributed by atoms with Crippen LogP contribution in [0.5, 0.6) is 5.75 Å². The zero-order valence-electron chi connectivity index (χ0n) is 6.48. The van der Waals surface area contributed by atoms with Crippen molar-refractivity contribution in [2.45, 2.75) is 0 Å². The van der Waals surface area contributed by atoms with E-state index in [0.29, 0.717) is 4.47 Å². The fourth-order valence-electron chi connectivity index (χ4n) is 0.757. The molecule has 0 bridgehead atoms. The van der Waals surface area contributed by atoms with E-state index in [1.165, 1.54) is 6.07 Å². The average Bonchev–Trinajstić information content (AvgIpc) is 2.09. The van der Waals surface area contributed by atoms with Crippen LogP contribution >= 0.6 is 15.9 Å². The molecule has 0 aliphatic rings. The van der Waals surface area contributed by atoms with Crippen LogP contribution in [0, 0.1) is 24.0 Å². The molecular weight excluding hydrogens is 242 g/mol. The first-order chi connectivity index (χ1) is 6.15. The summed E-state index contributed by atoms with van der Waals surface area (Å²) in [4.78, 5) is 0. The van der Waals surface area contributed by atoms with Gasteiger partial charge in [0.25, 0.3) is 0 Å². The zero-order valence-corrected chi connectivity index (χ0v) is 8.07. The number of halogens is 3. The standard InChI is InChI=1S/C9H5BrF2O/c1-2-3-13-8-5-6(10)4-7(11)9(8)12/h1,4-5H,3H2. The van der Waals surface area contributed by atoms with Gasteiger partial charge in [-0.3, -0.25) is 0 Å². The molecule has 0 heterocycles. The molecule has 0 amide bonds. The summed E-state index contributed by atoms with van der Waals surface area (Å²) in [5.41, 5.74) is 0. The normalized spacial score (nSPS) is 9.38. The van der Waals surface area contributed by atoms with Gasteiger partial charge in [-0.2, -0.15) is 4.39 Å². The van der Waals surface area contributed by atoms with E-state index in [2.05, 4.69) is 21.9 Å². The van der Waals surface area contributed by atoms with Gasteiger partial charge in [0.15, 0.2) is 11.6 Å². The molecule has 1 aromatic rings. The monoisotopic (exact) mass is 246 g/mol. The van der Waals surface area contributed by atoms with Crippen molar-refractivity contribution in [3.8, 4) is 18.1 Å². The predicted octanol–water partition coefficient (Wildman–Crippen LogP) is 2.74. The van der Waals surface area contributed by atoms with Crippen LogP contribution < -0.4 is 4.74 Å². The third kappa shape index (κ3) is 2.43. The van der Waals surface area contributed by atoms with Crippen molar-refractivity contribution in [3.63, 3.8) is 0 Å². The molecule has 1 rings (SSSR count). The van der Waals surface area contributed by atoms with E-state index in [-0.39, 0.29) is 12.4 Å². The van der Waals surface area contributed by atoms with Crippen LogP contribution in [0.2, 0.25) is 0 Å². The number of hydrogen-bond acceptors (Lipinski definition) is 1. The van der Waals surface area contributed by atoms with Crippen LogP contribution in [0.4, 0.5) is 8.78 Å². The molecule has 1 aromatic carbocycles. The largest absolute Gasteiger partial charge is 0.478 e. The van der Waals surface area contributed by atoms with Crippen LogP contribution in [0.25, 0.3) is 0 Å². The molecular formula is C9H5BrF2O. The van der Waals surface area contributed by atoms with Crippen molar-refractivity contribution in [1.82, 2.24) is 0 Å². The highest BCUT2D eigenvalue weighted by Crippen LogP contribution is 2.25. The van der Waals surface area contributed by atoms with Gasteiger partial charge in [-0.15, -0.1) is 6.42 Å². The van der Waals surface area contributed by atoms with Gasteiger partial charge in [0.05, 0.1) is 0 Å². The van der Waals surface area contributed by atoms with Crippen molar-refractivity contribution in [2.24, 2.45) is 0 Å². The summed E-state index contributed by atoms with van der Waals surface area (Å²) in [6.07, 6.45) is 4.90. The topological polar surface area (TPSA) is 9.23 Å². The Kier molecular flexibility index (Phi) is 3.26. The molecule has 0 radical (unpaired) electrons. The number of terminal acetylenes is 1. The Morgan fingerprint density at radius 1 is 1.46 bits per heavy atom. The third-order valence-electron chi connectivity index (χ3n) is 1.27. The van der Waals surface area contributed by atoms with Crippen LogP contribution in [0.15, 0.2) is 16.6 Å². The molecule has 4 heteroatoms. The molecule has 0 atom stereocenters. The Bertz CT molecular complexity index is 357. The predicted molar refractivity (Wildman–Crippen MR) is 48.4 cm³/mol. The number of hydrogen-bond donors (Lipinski definition) is 0. The Morgan fingerprint density at radius 2 is 2.15 bits per heavy atom. The highest BCUT2D eigenvalue weighted by molar-refractivity contribution is 9.10. The fourth-order valence-corrected chi connectivity index (χ4v) is 1.17. The first-order valence-electron chi connectivity index (χ1n) is 3.36. The van der Waals surface area contributed by atoms with E-state index in [4.69, 9.17) is 11.2 Å². The minimum absolute atomic E-state index is 0.0905. The van der Waals surface area contributed by atoms with Crippen molar-refractivity contribution in [3.05, 3.63) is 28.2 Å². The fraction of sp³-hybridized carbons (Fsp3) is 0.111. The summed E-state index contributed by atoms with van der Waals surface area (Å²) < 4.78 is 30.8. The van der Waals surface area contributed by atoms with E-state index in [1.54, 1.807) is 0 Å². The first-order valence-corrected chi connectivity index (χ1v) is 4.15. The van der Waals surface area contributed by atoms with Crippen molar-refractivity contribution >= 4 is 15.9 Å². The molecule has 0 aromatic heterocycles. The Hall–Kier alpha value is -1.08. The van der Waals surface area contributed by atoms with Gasteiger partial charge < -0.3 is 4.74 Å². The quantitative estimate of drug-likeness (QED) is 0.576. The molecule has 0 spiro atoms. The lowest BCUT2D eigenvalue weighted by atomic mass is 10.3. The Balaban J connectivity index is 3.00. The van der Waals surface area contributed by atoms with Crippen molar-refractivity contribution < 1.29 is 13.5 Å². The number of benzene rings is 1. The maximum atomic E-state index is 12.9. The maximum absolute atomic E-state index is 12.9. The van der Waals surface area contributed by atoms with Gasteiger partial charge in [-0.1, -0.05) is 21.9 Å². The molecule has 0 N–H and O–H groups in total. The number of rotatable bonds is 2. The molecule has 0 fully saturated rings. The lowest BCUT2D eigenvalue weighted by Crippen LogP contribution is -1.98.